The number of benzene rings is 1. The Morgan fingerprint density at radius 3 is 2.57 bits per heavy atom. The maximum atomic E-state index is 13.6. The standard InChI is InChI=1S/C12H6ClF2N3O3/c13-11-2-1-6(5-16-11)17-12(19)7-3-9(15)10(18(20)21)4-8(7)14/h1-5H,(H,17,19). The number of anilines is 1. The van der Waals surface area contributed by atoms with Crippen LogP contribution in [0.1, 0.15) is 10.4 Å². The number of nitro groups is 1. The lowest BCUT2D eigenvalue weighted by Gasteiger charge is -2.06. The van der Waals surface area contributed by atoms with Gasteiger partial charge in [0, 0.05) is 0 Å². The van der Waals surface area contributed by atoms with Crippen LogP contribution in [0.2, 0.25) is 5.15 Å². The summed E-state index contributed by atoms with van der Waals surface area (Å²) in [5, 5.41) is 12.9. The Bertz CT molecular complexity index is 722. The molecule has 0 radical (unpaired) electrons. The minimum Gasteiger partial charge on any atom is -0.320 e. The second-order valence-corrected chi connectivity index (χ2v) is 4.25. The molecule has 0 aliphatic heterocycles. The molecule has 0 aliphatic rings. The Morgan fingerprint density at radius 1 is 1.29 bits per heavy atom. The van der Waals surface area contributed by atoms with Gasteiger partial charge in [0.1, 0.15) is 11.0 Å². The molecule has 108 valence electrons. The van der Waals surface area contributed by atoms with E-state index in [0.29, 0.717) is 12.1 Å². The maximum Gasteiger partial charge on any atom is 0.307 e. The molecule has 1 N–H and O–H groups in total. The van der Waals surface area contributed by atoms with Gasteiger partial charge in [-0.1, -0.05) is 11.6 Å². The molecular formula is C12H6ClF2N3O3. The summed E-state index contributed by atoms with van der Waals surface area (Å²) in [5.74, 6) is -3.48. The first-order valence-corrected chi connectivity index (χ1v) is 5.82. The SMILES string of the molecule is O=C(Nc1ccc(Cl)nc1)c1cc(F)c([N+](=O)[O-])cc1F. The summed E-state index contributed by atoms with van der Waals surface area (Å²) in [6.45, 7) is 0. The van der Waals surface area contributed by atoms with Gasteiger partial charge in [-0.05, 0) is 18.2 Å². The van der Waals surface area contributed by atoms with Crippen molar-refractivity contribution in [1.29, 1.82) is 0 Å². The predicted octanol–water partition coefficient (Wildman–Crippen LogP) is 3.17. The molecule has 1 aromatic carbocycles. The number of carbonyl (C=O) groups excluding carboxylic acids is 1. The molecule has 0 spiro atoms. The highest BCUT2D eigenvalue weighted by Crippen LogP contribution is 2.22. The van der Waals surface area contributed by atoms with E-state index in [9.17, 15) is 23.7 Å². The molecule has 9 heteroatoms. The second-order valence-electron chi connectivity index (χ2n) is 3.86. The molecule has 1 heterocycles. The minimum absolute atomic E-state index is 0.195. The zero-order chi connectivity index (χ0) is 15.6. The predicted molar refractivity (Wildman–Crippen MR) is 70.2 cm³/mol. The third-order valence-electron chi connectivity index (χ3n) is 2.46. The number of nitro benzene ring substituents is 1. The van der Waals surface area contributed by atoms with Crippen molar-refractivity contribution in [3.63, 3.8) is 0 Å². The van der Waals surface area contributed by atoms with E-state index in [0.717, 1.165) is 0 Å². The number of nitrogens with zero attached hydrogens (tertiary/aromatic N) is 2. The summed E-state index contributed by atoms with van der Waals surface area (Å²) >= 11 is 5.56. The Morgan fingerprint density at radius 2 is 2.00 bits per heavy atom. The van der Waals surface area contributed by atoms with E-state index in [1.54, 1.807) is 0 Å². The van der Waals surface area contributed by atoms with Gasteiger partial charge in [0.15, 0.2) is 0 Å². The molecule has 1 aromatic heterocycles. The van der Waals surface area contributed by atoms with Gasteiger partial charge < -0.3 is 5.32 Å². The van der Waals surface area contributed by atoms with Gasteiger partial charge in [-0.25, -0.2) is 9.37 Å². The average Bonchev–Trinajstić information content (AvgIpc) is 2.43. The number of hydrogen-bond donors (Lipinski definition) is 1. The Kier molecular flexibility index (Phi) is 4.08. The third-order valence-corrected chi connectivity index (χ3v) is 2.69. The van der Waals surface area contributed by atoms with Crippen molar-refractivity contribution in [2.45, 2.75) is 0 Å². The van der Waals surface area contributed by atoms with E-state index in [1.165, 1.54) is 18.3 Å². The molecular weight excluding hydrogens is 308 g/mol. The molecule has 0 unspecified atom stereocenters. The Labute approximate surface area is 121 Å². The Balaban J connectivity index is 2.29. The summed E-state index contributed by atoms with van der Waals surface area (Å²) in [5.41, 5.74) is -1.49. The van der Waals surface area contributed by atoms with Crippen LogP contribution in [0.3, 0.4) is 0 Å². The molecule has 0 bridgehead atoms. The fourth-order valence-corrected chi connectivity index (χ4v) is 1.61. The molecule has 0 fully saturated rings. The molecule has 6 nitrogen and oxygen atoms in total. The summed E-state index contributed by atoms with van der Waals surface area (Å²) in [6.07, 6.45) is 1.22. The van der Waals surface area contributed by atoms with E-state index in [1.807, 2.05) is 0 Å². The fourth-order valence-electron chi connectivity index (χ4n) is 1.50. The van der Waals surface area contributed by atoms with Crippen LogP contribution in [-0.2, 0) is 0 Å². The molecule has 2 rings (SSSR count). The van der Waals surface area contributed by atoms with Crippen LogP contribution in [0.25, 0.3) is 0 Å². The zero-order valence-electron chi connectivity index (χ0n) is 10.1. The van der Waals surface area contributed by atoms with Crippen LogP contribution < -0.4 is 5.32 Å². The number of hydrogen-bond acceptors (Lipinski definition) is 4. The highest BCUT2D eigenvalue weighted by molar-refractivity contribution is 6.29. The van der Waals surface area contributed by atoms with Gasteiger partial charge in [-0.15, -0.1) is 0 Å². The van der Waals surface area contributed by atoms with E-state index in [-0.39, 0.29) is 10.8 Å². The molecule has 1 amide bonds. The van der Waals surface area contributed by atoms with E-state index >= 15 is 0 Å². The van der Waals surface area contributed by atoms with Crippen molar-refractivity contribution < 1.29 is 18.5 Å². The topological polar surface area (TPSA) is 85.1 Å². The van der Waals surface area contributed by atoms with Gasteiger partial charge in [0.2, 0.25) is 5.82 Å². The molecule has 0 saturated carbocycles. The van der Waals surface area contributed by atoms with Crippen molar-refractivity contribution in [2.24, 2.45) is 0 Å². The van der Waals surface area contributed by atoms with Crippen LogP contribution in [0.4, 0.5) is 20.2 Å². The zero-order valence-corrected chi connectivity index (χ0v) is 10.9. The molecule has 21 heavy (non-hydrogen) atoms. The summed E-state index contributed by atoms with van der Waals surface area (Å²) < 4.78 is 27.1. The molecule has 0 atom stereocenters. The first kappa shape index (κ1) is 14.8. The van der Waals surface area contributed by atoms with Crippen LogP contribution >= 0.6 is 11.6 Å². The molecule has 0 saturated heterocycles. The summed E-state index contributed by atoms with van der Waals surface area (Å²) in [6, 6.07) is 3.62. The van der Waals surface area contributed by atoms with Gasteiger partial charge in [-0.2, -0.15) is 4.39 Å². The lowest BCUT2D eigenvalue weighted by atomic mass is 10.1. The quantitative estimate of drug-likeness (QED) is 0.536. The van der Waals surface area contributed by atoms with Crippen LogP contribution in [0.15, 0.2) is 30.5 Å². The smallest absolute Gasteiger partial charge is 0.307 e. The van der Waals surface area contributed by atoms with Crippen LogP contribution in [-0.4, -0.2) is 15.8 Å². The molecule has 0 aliphatic carbocycles. The van der Waals surface area contributed by atoms with Crippen molar-refractivity contribution in [2.75, 3.05) is 5.32 Å². The van der Waals surface area contributed by atoms with Gasteiger partial charge in [0.25, 0.3) is 5.91 Å². The first-order chi connectivity index (χ1) is 9.88. The monoisotopic (exact) mass is 313 g/mol. The van der Waals surface area contributed by atoms with E-state index in [4.69, 9.17) is 11.6 Å². The number of pyridine rings is 1. The van der Waals surface area contributed by atoms with Crippen molar-refractivity contribution in [1.82, 2.24) is 4.98 Å². The maximum absolute atomic E-state index is 13.6. The number of carbonyl (C=O) groups is 1. The van der Waals surface area contributed by atoms with Gasteiger partial charge in [0.05, 0.1) is 28.4 Å². The number of rotatable bonds is 3. The third kappa shape index (κ3) is 3.29. The Hall–Kier alpha value is -2.61. The highest BCUT2D eigenvalue weighted by atomic mass is 35.5. The highest BCUT2D eigenvalue weighted by Gasteiger charge is 2.22. The average molecular weight is 314 g/mol. The largest absolute Gasteiger partial charge is 0.320 e. The van der Waals surface area contributed by atoms with Gasteiger partial charge >= 0.3 is 5.69 Å². The normalized spacial score (nSPS) is 10.2. The number of nitrogens with one attached hydrogen (secondary N) is 1. The van der Waals surface area contributed by atoms with Crippen LogP contribution in [0, 0.1) is 21.7 Å². The number of aromatic nitrogens is 1. The van der Waals surface area contributed by atoms with E-state index < -0.39 is 33.7 Å². The lowest BCUT2D eigenvalue weighted by molar-refractivity contribution is -0.387. The first-order valence-electron chi connectivity index (χ1n) is 5.45. The number of halogens is 3. The van der Waals surface area contributed by atoms with Gasteiger partial charge in [-0.3, -0.25) is 14.9 Å². The summed E-state index contributed by atoms with van der Waals surface area (Å²) in [4.78, 5) is 24.9. The lowest BCUT2D eigenvalue weighted by Crippen LogP contribution is -2.14. The fraction of sp³-hybridized carbons (Fsp3) is 0. The van der Waals surface area contributed by atoms with E-state index in [2.05, 4.69) is 10.3 Å². The summed E-state index contributed by atoms with van der Waals surface area (Å²) in [7, 11) is 0. The second kappa shape index (κ2) is 5.80. The number of amides is 1. The minimum atomic E-state index is -1.30. The van der Waals surface area contributed by atoms with Crippen molar-refractivity contribution in [3.8, 4) is 0 Å². The van der Waals surface area contributed by atoms with Crippen molar-refractivity contribution in [3.05, 3.63) is 62.9 Å². The van der Waals surface area contributed by atoms with Crippen LogP contribution in [0.5, 0.6) is 0 Å². The van der Waals surface area contributed by atoms with Crippen molar-refractivity contribution >= 4 is 28.9 Å². The molecule has 2 aromatic rings.